The lowest BCUT2D eigenvalue weighted by molar-refractivity contribution is -0.0498. The van der Waals surface area contributed by atoms with Gasteiger partial charge < -0.3 is 20.1 Å². The first kappa shape index (κ1) is 19.4. The maximum absolute atomic E-state index is 12.2. The van der Waals surface area contributed by atoms with Gasteiger partial charge in [0.15, 0.2) is 5.96 Å². The van der Waals surface area contributed by atoms with Crippen LogP contribution in [0.3, 0.4) is 0 Å². The van der Waals surface area contributed by atoms with Crippen molar-refractivity contribution in [3.63, 3.8) is 0 Å². The quantitative estimate of drug-likeness (QED) is 0.583. The lowest BCUT2D eigenvalue weighted by Gasteiger charge is -2.25. The second-order valence-electron chi connectivity index (χ2n) is 6.48. The zero-order chi connectivity index (χ0) is 18.3. The van der Waals surface area contributed by atoms with Crippen LogP contribution in [-0.4, -0.2) is 48.3 Å². The van der Waals surface area contributed by atoms with Crippen LogP contribution in [0, 0.1) is 0 Å². The molecule has 5 nitrogen and oxygen atoms in total. The second-order valence-corrected chi connectivity index (χ2v) is 6.48. The molecule has 1 fully saturated rings. The Hall–Kier alpha value is -1.89. The fourth-order valence-corrected chi connectivity index (χ4v) is 3.01. The number of rotatable bonds is 7. The zero-order valence-corrected chi connectivity index (χ0v) is 14.8. The number of nitrogens with zero attached hydrogens (tertiary/aromatic N) is 2. The molecule has 1 aromatic carbocycles. The van der Waals surface area contributed by atoms with Crippen molar-refractivity contribution < 1.29 is 18.6 Å². The van der Waals surface area contributed by atoms with E-state index in [4.69, 9.17) is 0 Å². The number of alkyl halides is 2. The van der Waals surface area contributed by atoms with Gasteiger partial charge in [0.2, 0.25) is 0 Å². The van der Waals surface area contributed by atoms with Crippen molar-refractivity contribution in [1.29, 1.82) is 0 Å². The largest absolute Gasteiger partial charge is 0.435 e. The molecule has 0 radical (unpaired) electrons. The van der Waals surface area contributed by atoms with Crippen molar-refractivity contribution in [3.05, 3.63) is 29.8 Å². The second kappa shape index (κ2) is 8.99. The van der Waals surface area contributed by atoms with E-state index in [2.05, 4.69) is 15.0 Å². The molecule has 0 aromatic heterocycles. The van der Waals surface area contributed by atoms with Crippen molar-refractivity contribution in [3.8, 4) is 5.75 Å². The Bertz CT molecular complexity index is 558. The number of hydrogen-bond donors (Lipinski definition) is 2. The maximum atomic E-state index is 12.2. The van der Waals surface area contributed by atoms with Gasteiger partial charge in [-0.3, -0.25) is 4.99 Å². The van der Waals surface area contributed by atoms with Gasteiger partial charge in [0.05, 0.1) is 12.1 Å². The first-order valence-corrected chi connectivity index (χ1v) is 8.67. The van der Waals surface area contributed by atoms with Crippen LogP contribution in [0.15, 0.2) is 29.3 Å². The fraction of sp³-hybridized carbons (Fsp3) is 0.611. The Labute approximate surface area is 147 Å². The molecular weight excluding hydrogens is 328 g/mol. The van der Waals surface area contributed by atoms with Gasteiger partial charge in [-0.1, -0.05) is 25.0 Å². The van der Waals surface area contributed by atoms with Gasteiger partial charge in [-0.15, -0.1) is 0 Å². The Morgan fingerprint density at radius 1 is 1.32 bits per heavy atom. The molecule has 2 N–H and O–H groups in total. The molecule has 7 heteroatoms. The lowest BCUT2D eigenvalue weighted by Crippen LogP contribution is -2.40. The third-order valence-corrected chi connectivity index (χ3v) is 4.32. The van der Waals surface area contributed by atoms with Crippen molar-refractivity contribution in [2.45, 2.75) is 51.4 Å². The van der Waals surface area contributed by atoms with E-state index < -0.39 is 12.2 Å². The average molecular weight is 355 g/mol. The predicted octanol–water partition coefficient (Wildman–Crippen LogP) is 2.99. The SMILES string of the molecule is CCNC(=NCC1(O)CCCC1)N(C)Cc1ccc(OC(F)F)cc1. The van der Waals surface area contributed by atoms with E-state index in [0.29, 0.717) is 13.1 Å². The molecule has 0 aliphatic heterocycles. The number of ether oxygens (including phenoxy) is 1. The molecule has 1 saturated carbocycles. The van der Waals surface area contributed by atoms with Gasteiger partial charge in [0.1, 0.15) is 5.75 Å². The van der Waals surface area contributed by atoms with Crippen LogP contribution in [0.5, 0.6) is 5.75 Å². The van der Waals surface area contributed by atoms with Gasteiger partial charge in [-0.05, 0) is 37.5 Å². The van der Waals surface area contributed by atoms with E-state index in [1.54, 1.807) is 12.1 Å². The van der Waals surface area contributed by atoms with Crippen LogP contribution in [0.25, 0.3) is 0 Å². The monoisotopic (exact) mass is 355 g/mol. The van der Waals surface area contributed by atoms with Crippen molar-refractivity contribution in [2.24, 2.45) is 4.99 Å². The van der Waals surface area contributed by atoms with Crippen molar-refractivity contribution in [2.75, 3.05) is 20.1 Å². The first-order valence-electron chi connectivity index (χ1n) is 8.67. The molecule has 0 heterocycles. The van der Waals surface area contributed by atoms with E-state index in [9.17, 15) is 13.9 Å². The number of halogens is 2. The molecule has 1 aliphatic rings. The highest BCUT2D eigenvalue weighted by atomic mass is 19.3. The van der Waals surface area contributed by atoms with E-state index in [1.165, 1.54) is 12.1 Å². The summed E-state index contributed by atoms with van der Waals surface area (Å²) in [4.78, 5) is 6.53. The number of nitrogens with one attached hydrogen (secondary N) is 1. The molecule has 140 valence electrons. The highest BCUT2D eigenvalue weighted by Crippen LogP contribution is 2.29. The van der Waals surface area contributed by atoms with Crippen molar-refractivity contribution >= 4 is 5.96 Å². The normalized spacial score (nSPS) is 17.0. The van der Waals surface area contributed by atoms with E-state index in [-0.39, 0.29) is 5.75 Å². The predicted molar refractivity (Wildman–Crippen MR) is 93.9 cm³/mol. The molecule has 0 spiro atoms. The summed E-state index contributed by atoms with van der Waals surface area (Å²) in [6.07, 6.45) is 3.69. The summed E-state index contributed by atoms with van der Waals surface area (Å²) in [6.45, 7) is 0.856. The van der Waals surface area contributed by atoms with E-state index in [0.717, 1.165) is 43.8 Å². The Morgan fingerprint density at radius 2 is 1.96 bits per heavy atom. The highest BCUT2D eigenvalue weighted by Gasteiger charge is 2.30. The molecule has 0 atom stereocenters. The van der Waals surface area contributed by atoms with Crippen molar-refractivity contribution in [1.82, 2.24) is 10.2 Å². The molecule has 0 bridgehead atoms. The Morgan fingerprint density at radius 3 is 2.52 bits per heavy atom. The summed E-state index contributed by atoms with van der Waals surface area (Å²) in [6, 6.07) is 6.56. The molecule has 1 aliphatic carbocycles. The number of aliphatic hydroxyl groups is 1. The summed E-state index contributed by atoms with van der Waals surface area (Å²) in [7, 11) is 1.91. The number of aliphatic imine (C=N–C) groups is 1. The summed E-state index contributed by atoms with van der Waals surface area (Å²) < 4.78 is 28.7. The topological polar surface area (TPSA) is 57.1 Å². The summed E-state index contributed by atoms with van der Waals surface area (Å²) in [5, 5.41) is 13.7. The highest BCUT2D eigenvalue weighted by molar-refractivity contribution is 5.79. The minimum absolute atomic E-state index is 0.144. The van der Waals surface area contributed by atoms with Crippen LogP contribution in [0.4, 0.5) is 8.78 Å². The first-order chi connectivity index (χ1) is 11.9. The van der Waals surface area contributed by atoms with Crippen LogP contribution in [0.2, 0.25) is 0 Å². The Kier molecular flexibility index (Phi) is 6.99. The minimum atomic E-state index is -2.82. The van der Waals surface area contributed by atoms with Crippen LogP contribution in [-0.2, 0) is 6.54 Å². The molecular formula is C18H27F2N3O2. The fourth-order valence-electron chi connectivity index (χ4n) is 3.01. The smallest absolute Gasteiger partial charge is 0.387 e. The number of hydrogen-bond acceptors (Lipinski definition) is 3. The minimum Gasteiger partial charge on any atom is -0.435 e. The van der Waals surface area contributed by atoms with Gasteiger partial charge in [0, 0.05) is 20.1 Å². The summed E-state index contributed by atoms with van der Waals surface area (Å²) in [5.74, 6) is 0.862. The van der Waals surface area contributed by atoms with Gasteiger partial charge in [0.25, 0.3) is 0 Å². The van der Waals surface area contributed by atoms with Crippen LogP contribution in [0.1, 0.15) is 38.2 Å². The molecule has 0 saturated heterocycles. The maximum Gasteiger partial charge on any atom is 0.387 e. The molecule has 25 heavy (non-hydrogen) atoms. The van der Waals surface area contributed by atoms with Crippen LogP contribution < -0.4 is 10.1 Å². The van der Waals surface area contributed by atoms with Gasteiger partial charge >= 0.3 is 6.61 Å². The van der Waals surface area contributed by atoms with Gasteiger partial charge in [-0.25, -0.2) is 0 Å². The summed E-state index contributed by atoms with van der Waals surface area (Å²) in [5.41, 5.74) is 0.268. The molecule has 0 unspecified atom stereocenters. The molecule has 2 rings (SSSR count). The standard InChI is InChI=1S/C18H27F2N3O2/c1-3-21-17(22-13-18(24)10-4-5-11-18)23(2)12-14-6-8-15(9-7-14)25-16(19)20/h6-9,16,24H,3-5,10-13H2,1-2H3,(H,21,22). The van der Waals surface area contributed by atoms with E-state index >= 15 is 0 Å². The average Bonchev–Trinajstić information content (AvgIpc) is 2.99. The van der Waals surface area contributed by atoms with E-state index in [1.807, 2.05) is 18.9 Å². The van der Waals surface area contributed by atoms with Crippen LogP contribution >= 0.6 is 0 Å². The van der Waals surface area contributed by atoms with Gasteiger partial charge in [-0.2, -0.15) is 8.78 Å². The third kappa shape index (κ3) is 6.16. The Balaban J connectivity index is 1.98. The summed E-state index contributed by atoms with van der Waals surface area (Å²) >= 11 is 0. The third-order valence-electron chi connectivity index (χ3n) is 4.32. The number of benzene rings is 1. The number of guanidine groups is 1. The zero-order valence-electron chi connectivity index (χ0n) is 14.8. The molecule has 0 amide bonds. The molecule has 1 aromatic rings. The lowest BCUT2D eigenvalue weighted by atomic mass is 10.0.